The van der Waals surface area contributed by atoms with E-state index in [0.29, 0.717) is 0 Å². The van der Waals surface area contributed by atoms with Crippen molar-refractivity contribution in [2.75, 3.05) is 0 Å². The van der Waals surface area contributed by atoms with Crippen LogP contribution in [0.4, 0.5) is 0 Å². The Morgan fingerprint density at radius 2 is 1.46 bits per heavy atom. The molecule has 0 fully saturated rings. The molecule has 1 heterocycles. The molecule has 3 heteroatoms. The zero-order valence-electron chi connectivity index (χ0n) is 15.0. The van der Waals surface area contributed by atoms with Gasteiger partial charge in [0.1, 0.15) is 0 Å². The number of para-hydroxylation sites is 1. The minimum atomic E-state index is -0.181. The average Bonchev–Trinajstić information content (AvgIpc) is 2.86. The third-order valence-electron chi connectivity index (χ3n) is 4.33. The number of benzene rings is 2. The van der Waals surface area contributed by atoms with Crippen molar-refractivity contribution in [3.05, 3.63) is 75.8 Å². The molecule has 1 N–H and O–H groups in total. The van der Waals surface area contributed by atoms with Crippen molar-refractivity contribution in [3.8, 4) is 16.9 Å². The van der Waals surface area contributed by atoms with Gasteiger partial charge in [0.25, 0.3) is 0 Å². The summed E-state index contributed by atoms with van der Waals surface area (Å²) in [4.78, 5) is 16.0. The number of imidazole rings is 1. The van der Waals surface area contributed by atoms with Gasteiger partial charge in [0.05, 0.1) is 17.1 Å². The van der Waals surface area contributed by atoms with Gasteiger partial charge in [0.2, 0.25) is 0 Å². The molecule has 3 aromatic rings. The van der Waals surface area contributed by atoms with Crippen LogP contribution in [-0.2, 0) is 5.41 Å². The van der Waals surface area contributed by atoms with Gasteiger partial charge < -0.3 is 4.98 Å². The Morgan fingerprint density at radius 1 is 0.875 bits per heavy atom. The van der Waals surface area contributed by atoms with Crippen LogP contribution in [0.3, 0.4) is 0 Å². The highest BCUT2D eigenvalue weighted by molar-refractivity contribution is 5.65. The summed E-state index contributed by atoms with van der Waals surface area (Å²) in [5.74, 6) is 0. The highest BCUT2D eigenvalue weighted by Gasteiger charge is 2.28. The number of aromatic nitrogens is 2. The first kappa shape index (κ1) is 16.3. The van der Waals surface area contributed by atoms with Crippen LogP contribution in [-0.4, -0.2) is 9.55 Å². The van der Waals surface area contributed by atoms with Crippen LogP contribution in [0.2, 0.25) is 0 Å². The van der Waals surface area contributed by atoms with Gasteiger partial charge in [-0.2, -0.15) is 0 Å². The summed E-state index contributed by atoms with van der Waals surface area (Å²) in [7, 11) is 0. The van der Waals surface area contributed by atoms with Gasteiger partial charge >= 0.3 is 5.69 Å². The van der Waals surface area contributed by atoms with E-state index < -0.39 is 0 Å². The number of aryl methyl sites for hydroxylation is 2. The van der Waals surface area contributed by atoms with Crippen LogP contribution in [0, 0.1) is 13.8 Å². The molecule has 3 nitrogen and oxygen atoms in total. The number of hydrogen-bond acceptors (Lipinski definition) is 1. The van der Waals surface area contributed by atoms with Crippen molar-refractivity contribution in [3.63, 3.8) is 0 Å². The molecular weight excluding hydrogens is 296 g/mol. The van der Waals surface area contributed by atoms with Gasteiger partial charge in [-0.15, -0.1) is 0 Å². The van der Waals surface area contributed by atoms with Crippen molar-refractivity contribution in [2.45, 2.75) is 40.0 Å². The molecule has 1 aromatic heterocycles. The van der Waals surface area contributed by atoms with E-state index in [-0.39, 0.29) is 11.1 Å². The van der Waals surface area contributed by atoms with Gasteiger partial charge in [0.15, 0.2) is 0 Å². The van der Waals surface area contributed by atoms with Crippen LogP contribution in [0.1, 0.15) is 37.6 Å². The van der Waals surface area contributed by atoms with E-state index in [2.05, 4.69) is 51.7 Å². The Hall–Kier alpha value is -2.55. The number of aromatic amines is 1. The smallest absolute Gasteiger partial charge is 0.305 e. The number of nitrogens with zero attached hydrogens (tertiary/aromatic N) is 1. The number of hydrogen-bond donors (Lipinski definition) is 1. The minimum absolute atomic E-state index is 0.0869. The van der Waals surface area contributed by atoms with E-state index >= 15 is 0 Å². The Morgan fingerprint density at radius 3 is 2.00 bits per heavy atom. The van der Waals surface area contributed by atoms with E-state index in [0.717, 1.165) is 33.8 Å². The number of H-pyrrole nitrogens is 1. The molecular formula is C21H24N2O. The molecule has 0 radical (unpaired) electrons. The zero-order chi connectivity index (χ0) is 17.5. The molecule has 124 valence electrons. The summed E-state index contributed by atoms with van der Waals surface area (Å²) >= 11 is 0. The normalized spacial score (nSPS) is 11.7. The van der Waals surface area contributed by atoms with Crippen LogP contribution >= 0.6 is 0 Å². The molecule has 0 unspecified atom stereocenters. The largest absolute Gasteiger partial charge is 0.330 e. The quantitative estimate of drug-likeness (QED) is 0.727. The fraction of sp³-hybridized carbons (Fsp3) is 0.286. The lowest BCUT2D eigenvalue weighted by atomic mass is 9.88. The fourth-order valence-electron chi connectivity index (χ4n) is 3.33. The highest BCUT2D eigenvalue weighted by Crippen LogP contribution is 2.33. The van der Waals surface area contributed by atoms with Crippen molar-refractivity contribution in [1.82, 2.24) is 9.55 Å². The molecule has 24 heavy (non-hydrogen) atoms. The lowest BCUT2D eigenvalue weighted by molar-refractivity contribution is 0.555. The summed E-state index contributed by atoms with van der Waals surface area (Å²) in [5, 5.41) is 0. The summed E-state index contributed by atoms with van der Waals surface area (Å²) in [5.41, 5.74) is 5.85. The summed E-state index contributed by atoms with van der Waals surface area (Å²) in [6.45, 7) is 10.5. The second kappa shape index (κ2) is 5.82. The summed E-state index contributed by atoms with van der Waals surface area (Å²) in [6, 6.07) is 16.2. The summed E-state index contributed by atoms with van der Waals surface area (Å²) < 4.78 is 1.85. The Bertz CT molecular complexity index is 904. The molecule has 0 saturated heterocycles. The number of rotatable bonds is 2. The van der Waals surface area contributed by atoms with Crippen LogP contribution in [0.25, 0.3) is 16.9 Å². The predicted molar refractivity (Wildman–Crippen MR) is 100.0 cm³/mol. The standard InChI is InChI=1S/C21H24N2O/c1-14-10-9-11-15(2)18(14)23-19(21(3,4)5)17(22-20(23)24)16-12-7-6-8-13-16/h6-13H,1-5H3,(H,22,24). The second-order valence-corrected chi connectivity index (χ2v) is 7.35. The van der Waals surface area contributed by atoms with Crippen LogP contribution < -0.4 is 5.69 Å². The second-order valence-electron chi connectivity index (χ2n) is 7.35. The van der Waals surface area contributed by atoms with Gasteiger partial charge in [-0.05, 0) is 30.5 Å². The molecule has 0 aliphatic rings. The first-order valence-electron chi connectivity index (χ1n) is 8.28. The maximum atomic E-state index is 12.9. The van der Waals surface area contributed by atoms with Gasteiger partial charge in [-0.25, -0.2) is 4.79 Å². The SMILES string of the molecule is Cc1cccc(C)c1-n1c(C(C)(C)C)c(-c2ccccc2)[nH]c1=O. The van der Waals surface area contributed by atoms with E-state index in [1.807, 2.05) is 41.0 Å². The first-order chi connectivity index (χ1) is 11.3. The van der Waals surface area contributed by atoms with Crippen molar-refractivity contribution in [1.29, 1.82) is 0 Å². The molecule has 3 rings (SSSR count). The van der Waals surface area contributed by atoms with Gasteiger partial charge in [-0.1, -0.05) is 69.3 Å². The molecule has 0 aliphatic heterocycles. The maximum Gasteiger partial charge on any atom is 0.330 e. The van der Waals surface area contributed by atoms with E-state index in [1.54, 1.807) is 0 Å². The third-order valence-corrected chi connectivity index (χ3v) is 4.33. The third kappa shape index (κ3) is 2.71. The molecule has 0 amide bonds. The average molecular weight is 320 g/mol. The Kier molecular flexibility index (Phi) is 3.96. The lowest BCUT2D eigenvalue weighted by Crippen LogP contribution is -2.25. The predicted octanol–water partition coefficient (Wildman–Crippen LogP) is 4.75. The van der Waals surface area contributed by atoms with Crippen molar-refractivity contribution >= 4 is 0 Å². The molecule has 2 aromatic carbocycles. The zero-order valence-corrected chi connectivity index (χ0v) is 15.0. The number of nitrogens with one attached hydrogen (secondary N) is 1. The van der Waals surface area contributed by atoms with E-state index in [1.165, 1.54) is 0 Å². The van der Waals surface area contributed by atoms with Gasteiger partial charge in [-0.3, -0.25) is 4.57 Å². The van der Waals surface area contributed by atoms with Crippen molar-refractivity contribution in [2.24, 2.45) is 0 Å². The van der Waals surface area contributed by atoms with E-state index in [4.69, 9.17) is 0 Å². The van der Waals surface area contributed by atoms with Crippen molar-refractivity contribution < 1.29 is 0 Å². The Labute approximate surface area is 143 Å². The maximum absolute atomic E-state index is 12.9. The first-order valence-corrected chi connectivity index (χ1v) is 8.28. The minimum Gasteiger partial charge on any atom is -0.305 e. The molecule has 0 atom stereocenters. The molecule has 0 bridgehead atoms. The monoisotopic (exact) mass is 320 g/mol. The molecule has 0 aliphatic carbocycles. The highest BCUT2D eigenvalue weighted by atomic mass is 16.1. The molecule has 0 saturated carbocycles. The van der Waals surface area contributed by atoms with Crippen LogP contribution in [0.15, 0.2) is 53.3 Å². The Balaban J connectivity index is 2.41. The van der Waals surface area contributed by atoms with Gasteiger partial charge in [0, 0.05) is 5.41 Å². The topological polar surface area (TPSA) is 37.8 Å². The fourth-order valence-corrected chi connectivity index (χ4v) is 3.33. The molecule has 0 spiro atoms. The van der Waals surface area contributed by atoms with Crippen LogP contribution in [0.5, 0.6) is 0 Å². The lowest BCUT2D eigenvalue weighted by Gasteiger charge is -2.24. The summed E-state index contributed by atoms with van der Waals surface area (Å²) in [6.07, 6.45) is 0. The van der Waals surface area contributed by atoms with E-state index in [9.17, 15) is 4.79 Å².